The van der Waals surface area contributed by atoms with E-state index in [9.17, 15) is 4.79 Å². The van der Waals surface area contributed by atoms with Gasteiger partial charge in [0.25, 0.3) is 0 Å². The van der Waals surface area contributed by atoms with E-state index in [0.29, 0.717) is 12.8 Å². The van der Waals surface area contributed by atoms with Crippen LogP contribution in [0.4, 0.5) is 0 Å². The minimum absolute atomic E-state index is 0.0892. The van der Waals surface area contributed by atoms with E-state index in [-0.39, 0.29) is 5.91 Å². The third kappa shape index (κ3) is 4.51. The summed E-state index contributed by atoms with van der Waals surface area (Å²) in [7, 11) is 1.63. The van der Waals surface area contributed by atoms with E-state index in [4.69, 9.17) is 4.74 Å². The smallest absolute Gasteiger partial charge is 0.240 e. The first-order valence-corrected chi connectivity index (χ1v) is 7.14. The van der Waals surface area contributed by atoms with Crippen molar-refractivity contribution in [2.24, 2.45) is 5.10 Å². The predicted molar refractivity (Wildman–Crippen MR) is 81.4 cm³/mol. The maximum absolute atomic E-state index is 11.6. The normalized spacial score (nSPS) is 10.7. The summed E-state index contributed by atoms with van der Waals surface area (Å²) in [4.78, 5) is 12.6. The van der Waals surface area contributed by atoms with Crippen molar-refractivity contribution in [2.75, 3.05) is 7.11 Å². The number of methoxy groups -OCH3 is 1. The molecule has 0 aliphatic rings. The molecule has 0 saturated carbocycles. The molecule has 104 valence electrons. The van der Waals surface area contributed by atoms with Gasteiger partial charge in [-0.2, -0.15) is 5.10 Å². The van der Waals surface area contributed by atoms with Gasteiger partial charge in [0.1, 0.15) is 5.75 Å². The molecule has 4 nitrogen and oxygen atoms in total. The molecule has 0 fully saturated rings. The summed E-state index contributed by atoms with van der Waals surface area (Å²) in [6.07, 6.45) is 2.74. The van der Waals surface area contributed by atoms with Gasteiger partial charge in [0.15, 0.2) is 0 Å². The van der Waals surface area contributed by atoms with E-state index in [1.807, 2.05) is 41.8 Å². The lowest BCUT2D eigenvalue weighted by molar-refractivity contribution is -0.121. The molecule has 2 rings (SSSR count). The first kappa shape index (κ1) is 14.3. The number of nitrogens with zero attached hydrogens (tertiary/aromatic N) is 1. The molecular weight excluding hydrogens is 272 g/mol. The molecular formula is C15H16N2O2S. The van der Waals surface area contributed by atoms with E-state index in [1.165, 1.54) is 0 Å². The lowest BCUT2D eigenvalue weighted by atomic mass is 10.1. The van der Waals surface area contributed by atoms with Gasteiger partial charge in [-0.25, -0.2) is 5.43 Å². The minimum Gasteiger partial charge on any atom is -0.497 e. The molecule has 0 spiro atoms. The van der Waals surface area contributed by atoms with Crippen LogP contribution >= 0.6 is 11.3 Å². The summed E-state index contributed by atoms with van der Waals surface area (Å²) in [5.41, 5.74) is 3.63. The van der Waals surface area contributed by atoms with Gasteiger partial charge in [0.2, 0.25) is 5.91 Å². The van der Waals surface area contributed by atoms with E-state index < -0.39 is 0 Å². The van der Waals surface area contributed by atoms with Crippen LogP contribution in [0.1, 0.15) is 16.9 Å². The maximum atomic E-state index is 11.6. The largest absolute Gasteiger partial charge is 0.497 e. The Hall–Kier alpha value is -2.14. The van der Waals surface area contributed by atoms with Crippen molar-refractivity contribution in [1.29, 1.82) is 0 Å². The Kier molecular flexibility index (Phi) is 5.32. The highest BCUT2D eigenvalue weighted by molar-refractivity contribution is 7.11. The Morgan fingerprint density at radius 1 is 1.35 bits per heavy atom. The third-order valence-electron chi connectivity index (χ3n) is 2.72. The van der Waals surface area contributed by atoms with Crippen molar-refractivity contribution in [2.45, 2.75) is 12.8 Å². The molecule has 0 unspecified atom stereocenters. The monoisotopic (exact) mass is 288 g/mol. The molecule has 0 bridgehead atoms. The van der Waals surface area contributed by atoms with Crippen molar-refractivity contribution >= 4 is 23.5 Å². The molecule has 1 aromatic carbocycles. The second-order valence-corrected chi connectivity index (χ2v) is 5.14. The molecule has 2 aromatic rings. The Bertz CT molecular complexity index is 562. The second kappa shape index (κ2) is 7.45. The van der Waals surface area contributed by atoms with Gasteiger partial charge >= 0.3 is 0 Å². The van der Waals surface area contributed by atoms with Crippen molar-refractivity contribution in [3.05, 3.63) is 52.2 Å². The molecule has 1 aromatic heterocycles. The molecule has 0 saturated heterocycles. The molecule has 0 radical (unpaired) electrons. The van der Waals surface area contributed by atoms with Crippen LogP contribution < -0.4 is 10.2 Å². The third-order valence-corrected chi connectivity index (χ3v) is 3.53. The number of thiophene rings is 1. The van der Waals surface area contributed by atoms with E-state index in [1.54, 1.807) is 24.7 Å². The Balaban J connectivity index is 1.74. The molecule has 1 N–H and O–H groups in total. The van der Waals surface area contributed by atoms with Gasteiger partial charge < -0.3 is 4.74 Å². The summed E-state index contributed by atoms with van der Waals surface area (Å²) in [5, 5.41) is 5.88. The summed E-state index contributed by atoms with van der Waals surface area (Å²) in [6.45, 7) is 0. The van der Waals surface area contributed by atoms with E-state index in [0.717, 1.165) is 16.2 Å². The standard InChI is InChI=1S/C15H16N2O2S/c1-19-13-7-4-12(5-8-13)6-9-15(18)17-16-11-14-3-2-10-20-14/h2-5,7-8,10-11H,6,9H2,1H3,(H,17,18)/b16-11+. The lowest BCUT2D eigenvalue weighted by Crippen LogP contribution is -2.17. The number of ether oxygens (including phenoxy) is 1. The minimum atomic E-state index is -0.0892. The number of hydrogen-bond acceptors (Lipinski definition) is 4. The highest BCUT2D eigenvalue weighted by Gasteiger charge is 2.01. The summed E-state index contributed by atoms with van der Waals surface area (Å²) in [5.74, 6) is 0.729. The maximum Gasteiger partial charge on any atom is 0.240 e. The number of rotatable bonds is 6. The SMILES string of the molecule is COc1ccc(CCC(=O)N/N=C/c2cccs2)cc1. The summed E-state index contributed by atoms with van der Waals surface area (Å²) >= 11 is 1.58. The predicted octanol–water partition coefficient (Wildman–Crippen LogP) is 2.84. The number of aryl methyl sites for hydroxylation is 1. The number of nitrogens with one attached hydrogen (secondary N) is 1. The highest BCUT2D eigenvalue weighted by Crippen LogP contribution is 2.12. The van der Waals surface area contributed by atoms with Crippen LogP contribution in [0, 0.1) is 0 Å². The van der Waals surface area contributed by atoms with Gasteiger partial charge in [-0.15, -0.1) is 11.3 Å². The molecule has 0 aliphatic heterocycles. The molecule has 1 amide bonds. The number of carbonyl (C=O) groups is 1. The van der Waals surface area contributed by atoms with Crippen LogP contribution in [0.3, 0.4) is 0 Å². The number of carbonyl (C=O) groups excluding carboxylic acids is 1. The molecule has 0 aliphatic carbocycles. The fraction of sp³-hybridized carbons (Fsp3) is 0.200. The zero-order chi connectivity index (χ0) is 14.2. The molecule has 20 heavy (non-hydrogen) atoms. The summed E-state index contributed by atoms with van der Waals surface area (Å²) in [6, 6.07) is 11.6. The van der Waals surface area contributed by atoms with Crippen LogP contribution in [0.2, 0.25) is 0 Å². The average Bonchev–Trinajstić information content (AvgIpc) is 2.99. The van der Waals surface area contributed by atoms with Crippen molar-refractivity contribution in [1.82, 2.24) is 5.43 Å². The number of amides is 1. The van der Waals surface area contributed by atoms with Crippen LogP contribution in [0.15, 0.2) is 46.9 Å². The van der Waals surface area contributed by atoms with Crippen LogP contribution in [0.25, 0.3) is 0 Å². The van der Waals surface area contributed by atoms with Crippen molar-refractivity contribution < 1.29 is 9.53 Å². The fourth-order valence-corrected chi connectivity index (χ4v) is 2.22. The fourth-order valence-electron chi connectivity index (χ4n) is 1.64. The highest BCUT2D eigenvalue weighted by atomic mass is 32.1. The van der Waals surface area contributed by atoms with E-state index >= 15 is 0 Å². The summed E-state index contributed by atoms with van der Waals surface area (Å²) < 4.78 is 5.09. The van der Waals surface area contributed by atoms with Crippen LogP contribution in [-0.4, -0.2) is 19.2 Å². The quantitative estimate of drug-likeness (QED) is 0.656. The average molecular weight is 288 g/mol. The Labute approximate surface area is 122 Å². The second-order valence-electron chi connectivity index (χ2n) is 4.16. The molecule has 5 heteroatoms. The zero-order valence-electron chi connectivity index (χ0n) is 11.2. The molecule has 1 heterocycles. The first-order valence-electron chi connectivity index (χ1n) is 6.26. The number of hydrazone groups is 1. The molecule has 0 atom stereocenters. The van der Waals surface area contributed by atoms with Crippen LogP contribution in [-0.2, 0) is 11.2 Å². The number of benzene rings is 1. The first-order chi connectivity index (χ1) is 9.78. The number of hydrogen-bond donors (Lipinski definition) is 1. The van der Waals surface area contributed by atoms with Gasteiger partial charge in [-0.1, -0.05) is 18.2 Å². The van der Waals surface area contributed by atoms with Crippen LogP contribution in [0.5, 0.6) is 5.75 Å². The van der Waals surface area contributed by atoms with Crippen molar-refractivity contribution in [3.8, 4) is 5.75 Å². The van der Waals surface area contributed by atoms with Gasteiger partial charge in [0, 0.05) is 11.3 Å². The van der Waals surface area contributed by atoms with Gasteiger partial charge in [-0.3, -0.25) is 4.79 Å². The van der Waals surface area contributed by atoms with Gasteiger partial charge in [-0.05, 0) is 35.6 Å². The Morgan fingerprint density at radius 2 is 2.15 bits per heavy atom. The topological polar surface area (TPSA) is 50.7 Å². The van der Waals surface area contributed by atoms with E-state index in [2.05, 4.69) is 10.5 Å². The van der Waals surface area contributed by atoms with Crippen molar-refractivity contribution in [3.63, 3.8) is 0 Å². The zero-order valence-corrected chi connectivity index (χ0v) is 12.0. The Morgan fingerprint density at radius 3 is 2.80 bits per heavy atom. The van der Waals surface area contributed by atoms with Gasteiger partial charge in [0.05, 0.1) is 13.3 Å². The lowest BCUT2D eigenvalue weighted by Gasteiger charge is -2.03.